The van der Waals surface area contributed by atoms with Gasteiger partial charge in [-0.1, -0.05) is 328 Å². The fourth-order valence-electron chi connectivity index (χ4n) is 10.3. The number of amides is 1. The molecule has 0 bridgehead atoms. The first-order valence-corrected chi connectivity index (χ1v) is 31.8. The maximum absolute atomic E-state index is 12.5. The minimum Gasteiger partial charge on any atom is -0.466 e. The third-order valence-electron chi connectivity index (χ3n) is 15.2. The number of rotatable bonds is 60. The molecule has 69 heavy (non-hydrogen) atoms. The lowest BCUT2D eigenvalue weighted by Gasteiger charge is -2.22. The van der Waals surface area contributed by atoms with E-state index in [1.165, 1.54) is 276 Å². The van der Waals surface area contributed by atoms with Crippen molar-refractivity contribution in [2.75, 3.05) is 13.2 Å². The highest BCUT2D eigenvalue weighted by Crippen LogP contribution is 2.19. The van der Waals surface area contributed by atoms with Gasteiger partial charge in [-0.15, -0.1) is 0 Å². The quantitative estimate of drug-likeness (QED) is 0.0417. The zero-order chi connectivity index (χ0) is 50.0. The van der Waals surface area contributed by atoms with E-state index in [4.69, 9.17) is 4.74 Å². The van der Waals surface area contributed by atoms with Crippen molar-refractivity contribution in [1.29, 1.82) is 0 Å². The van der Waals surface area contributed by atoms with Crippen LogP contribution in [0.5, 0.6) is 0 Å². The number of carbonyl (C=O) groups is 2. The molecule has 0 heterocycles. The topological polar surface area (TPSA) is 95.9 Å². The summed E-state index contributed by atoms with van der Waals surface area (Å²) in [5, 5.41) is 23.4. The molecule has 0 aliphatic rings. The second kappa shape index (κ2) is 59.4. The maximum atomic E-state index is 12.5. The number of nitrogens with one attached hydrogen (secondary N) is 1. The number of hydrogen-bond donors (Lipinski definition) is 3. The molecule has 0 rings (SSSR count). The van der Waals surface area contributed by atoms with Crippen LogP contribution in [0.1, 0.15) is 367 Å². The van der Waals surface area contributed by atoms with Crippen LogP contribution in [-0.4, -0.2) is 47.4 Å². The molecule has 0 aromatic carbocycles. The van der Waals surface area contributed by atoms with Crippen molar-refractivity contribution >= 4 is 11.9 Å². The lowest BCUT2D eigenvalue weighted by atomic mass is 10.0. The van der Waals surface area contributed by atoms with E-state index < -0.39 is 12.1 Å². The van der Waals surface area contributed by atoms with Crippen LogP contribution in [0, 0.1) is 0 Å². The molecule has 0 aromatic rings. The Morgan fingerprint density at radius 2 is 0.594 bits per heavy atom. The van der Waals surface area contributed by atoms with Crippen LogP contribution in [0.3, 0.4) is 0 Å². The molecule has 0 saturated carbocycles. The molecule has 0 saturated heterocycles. The number of ether oxygens (including phenoxy) is 1. The average Bonchev–Trinajstić information content (AvgIpc) is 3.35. The summed E-state index contributed by atoms with van der Waals surface area (Å²) in [6.45, 7) is 4.95. The molecular formula is C63H125NO5. The summed E-state index contributed by atoms with van der Waals surface area (Å²) in [4.78, 5) is 24.6. The molecule has 2 atom stereocenters. The van der Waals surface area contributed by atoms with Crippen LogP contribution in [0.25, 0.3) is 0 Å². The first kappa shape index (κ1) is 67.9. The van der Waals surface area contributed by atoms with E-state index >= 15 is 0 Å². The van der Waals surface area contributed by atoms with Gasteiger partial charge in [0.1, 0.15) is 0 Å². The van der Waals surface area contributed by atoms with Gasteiger partial charge >= 0.3 is 5.97 Å². The molecule has 0 aliphatic carbocycles. The SMILES string of the molecule is CCCCCCCCCCCCCCCCCCCCCCCCCCCC(O)C(CO)NC(=O)CCCCCCCCCCCCOC(=O)CCCCCCCCCCCCCCCCCCC. The Kier molecular flexibility index (Phi) is 58.4. The van der Waals surface area contributed by atoms with E-state index in [1.807, 2.05) is 0 Å². The molecule has 0 aromatic heterocycles. The minimum atomic E-state index is -0.679. The summed E-state index contributed by atoms with van der Waals surface area (Å²) in [5.74, 6) is -0.0647. The van der Waals surface area contributed by atoms with Gasteiger partial charge in [0.15, 0.2) is 0 Å². The highest BCUT2D eigenvalue weighted by Gasteiger charge is 2.20. The van der Waals surface area contributed by atoms with Crippen LogP contribution in [0.4, 0.5) is 0 Å². The Labute approximate surface area is 432 Å². The molecule has 6 nitrogen and oxygen atoms in total. The van der Waals surface area contributed by atoms with Gasteiger partial charge in [-0.2, -0.15) is 0 Å². The Balaban J connectivity index is 3.43. The Bertz CT molecular complexity index is 990. The van der Waals surface area contributed by atoms with Gasteiger partial charge in [0, 0.05) is 12.8 Å². The van der Waals surface area contributed by atoms with Gasteiger partial charge in [0.25, 0.3) is 0 Å². The highest BCUT2D eigenvalue weighted by atomic mass is 16.5. The standard InChI is InChI=1S/C63H125NO5/c1-3-5-7-9-11-13-15-17-19-21-22-23-24-25-26-27-28-30-31-33-35-39-43-47-51-55-61(66)60(59-65)64-62(67)56-52-48-44-40-37-38-42-46-50-54-58-69-63(68)57-53-49-45-41-36-34-32-29-20-18-16-14-12-10-8-6-4-2/h60-61,65-66H,3-59H2,1-2H3,(H,64,67). The van der Waals surface area contributed by atoms with Gasteiger partial charge in [-0.05, 0) is 25.7 Å². The Morgan fingerprint density at radius 1 is 0.348 bits per heavy atom. The Morgan fingerprint density at radius 3 is 0.884 bits per heavy atom. The van der Waals surface area contributed by atoms with Crippen molar-refractivity contribution in [2.24, 2.45) is 0 Å². The zero-order valence-electron chi connectivity index (χ0n) is 47.1. The monoisotopic (exact) mass is 976 g/mol. The summed E-state index contributed by atoms with van der Waals surface area (Å²) < 4.78 is 5.48. The van der Waals surface area contributed by atoms with Gasteiger partial charge < -0.3 is 20.3 Å². The fraction of sp³-hybridized carbons (Fsp3) is 0.968. The Hall–Kier alpha value is -1.14. The van der Waals surface area contributed by atoms with Crippen molar-refractivity contribution in [3.05, 3.63) is 0 Å². The van der Waals surface area contributed by atoms with Crippen molar-refractivity contribution in [1.82, 2.24) is 5.32 Å². The van der Waals surface area contributed by atoms with Crippen LogP contribution in [0.15, 0.2) is 0 Å². The number of esters is 1. The number of unbranched alkanes of at least 4 members (excludes halogenated alkanes) is 49. The highest BCUT2D eigenvalue weighted by molar-refractivity contribution is 5.76. The number of aliphatic hydroxyl groups is 2. The molecule has 6 heteroatoms. The second-order valence-electron chi connectivity index (χ2n) is 22.1. The predicted octanol–water partition coefficient (Wildman–Crippen LogP) is 19.9. The summed E-state index contributed by atoms with van der Waals surface area (Å²) in [5.41, 5.74) is 0. The maximum Gasteiger partial charge on any atom is 0.305 e. The van der Waals surface area contributed by atoms with E-state index in [2.05, 4.69) is 19.2 Å². The summed E-state index contributed by atoms with van der Waals surface area (Å²) in [7, 11) is 0. The largest absolute Gasteiger partial charge is 0.466 e. The first-order chi connectivity index (χ1) is 34.0. The zero-order valence-corrected chi connectivity index (χ0v) is 47.1. The van der Waals surface area contributed by atoms with E-state index in [0.717, 1.165) is 57.8 Å². The second-order valence-corrected chi connectivity index (χ2v) is 22.1. The molecule has 412 valence electrons. The molecule has 0 fully saturated rings. The van der Waals surface area contributed by atoms with Crippen molar-refractivity contribution in [3.63, 3.8) is 0 Å². The molecule has 2 unspecified atom stereocenters. The average molecular weight is 977 g/mol. The van der Waals surface area contributed by atoms with Crippen molar-refractivity contribution < 1.29 is 24.5 Å². The normalized spacial score (nSPS) is 12.5. The van der Waals surface area contributed by atoms with Crippen molar-refractivity contribution in [3.8, 4) is 0 Å². The molecule has 1 amide bonds. The van der Waals surface area contributed by atoms with Gasteiger partial charge in [-0.3, -0.25) is 9.59 Å². The first-order valence-electron chi connectivity index (χ1n) is 31.8. The number of aliphatic hydroxyl groups excluding tert-OH is 2. The lowest BCUT2D eigenvalue weighted by molar-refractivity contribution is -0.143. The molecule has 0 aliphatic heterocycles. The third-order valence-corrected chi connectivity index (χ3v) is 15.2. The summed E-state index contributed by atoms with van der Waals surface area (Å²) in [6, 6.07) is -0.558. The predicted molar refractivity (Wildman–Crippen MR) is 301 cm³/mol. The van der Waals surface area contributed by atoms with E-state index in [0.29, 0.717) is 25.9 Å². The van der Waals surface area contributed by atoms with Crippen LogP contribution in [0.2, 0.25) is 0 Å². The minimum absolute atomic E-state index is 0.0129. The van der Waals surface area contributed by atoms with E-state index in [1.54, 1.807) is 0 Å². The van der Waals surface area contributed by atoms with E-state index in [9.17, 15) is 19.8 Å². The smallest absolute Gasteiger partial charge is 0.305 e. The molecule has 0 spiro atoms. The summed E-state index contributed by atoms with van der Waals surface area (Å²) >= 11 is 0. The van der Waals surface area contributed by atoms with Gasteiger partial charge in [0.2, 0.25) is 5.91 Å². The molecule has 0 radical (unpaired) electrons. The molecule has 3 N–H and O–H groups in total. The summed E-state index contributed by atoms with van der Waals surface area (Å²) in [6.07, 6.45) is 69.7. The van der Waals surface area contributed by atoms with E-state index in [-0.39, 0.29) is 18.5 Å². The lowest BCUT2D eigenvalue weighted by Crippen LogP contribution is -2.45. The third kappa shape index (κ3) is 56.0. The fourth-order valence-corrected chi connectivity index (χ4v) is 10.3. The van der Waals surface area contributed by atoms with Crippen LogP contribution in [-0.2, 0) is 14.3 Å². The number of hydrogen-bond acceptors (Lipinski definition) is 5. The van der Waals surface area contributed by atoms with Gasteiger partial charge in [-0.25, -0.2) is 0 Å². The van der Waals surface area contributed by atoms with Crippen LogP contribution < -0.4 is 5.32 Å². The number of carbonyl (C=O) groups excluding carboxylic acids is 2. The van der Waals surface area contributed by atoms with Crippen LogP contribution >= 0.6 is 0 Å². The van der Waals surface area contributed by atoms with Crippen molar-refractivity contribution in [2.45, 2.75) is 379 Å². The van der Waals surface area contributed by atoms with Gasteiger partial charge in [0.05, 0.1) is 25.4 Å². The molecular weight excluding hydrogens is 851 g/mol.